The number of carbonyl (C=O) groups excluding carboxylic acids is 2. The van der Waals surface area contributed by atoms with Gasteiger partial charge in [-0.05, 0) is 52.7 Å². The number of carbonyl (C=O) groups is 2. The molecule has 0 heterocycles. The maximum atomic E-state index is 12.4. The maximum Gasteiger partial charge on any atom is 0.228 e. The van der Waals surface area contributed by atoms with Crippen molar-refractivity contribution in [3.8, 4) is 0 Å². The van der Waals surface area contributed by atoms with Crippen LogP contribution in [0.2, 0.25) is 0 Å². The van der Waals surface area contributed by atoms with Crippen LogP contribution < -0.4 is 9.80 Å². The fraction of sp³-hybridized carbons (Fsp3) is 0.263. The summed E-state index contributed by atoms with van der Waals surface area (Å²) in [7, 11) is 1.75. The van der Waals surface area contributed by atoms with Gasteiger partial charge in [-0.15, -0.1) is 0 Å². The number of halogens is 1. The van der Waals surface area contributed by atoms with Crippen LogP contribution in [0.1, 0.15) is 18.9 Å². The third-order valence-electron chi connectivity index (χ3n) is 3.84. The Hall–Kier alpha value is -2.14. The number of amides is 2. The van der Waals surface area contributed by atoms with Crippen LogP contribution in [0, 0.1) is 6.92 Å². The highest BCUT2D eigenvalue weighted by molar-refractivity contribution is 9.10. The van der Waals surface area contributed by atoms with Gasteiger partial charge in [0.25, 0.3) is 0 Å². The first-order chi connectivity index (χ1) is 11.4. The molecule has 0 unspecified atom stereocenters. The summed E-state index contributed by atoms with van der Waals surface area (Å²) in [5, 5.41) is 0. The average molecular weight is 389 g/mol. The quantitative estimate of drug-likeness (QED) is 0.771. The van der Waals surface area contributed by atoms with E-state index in [1.165, 1.54) is 6.92 Å². The molecule has 0 saturated carbocycles. The second kappa shape index (κ2) is 8.11. The number of hydrogen-bond donors (Lipinski definition) is 0. The van der Waals surface area contributed by atoms with Crippen LogP contribution in [-0.2, 0) is 9.59 Å². The second-order valence-electron chi connectivity index (χ2n) is 5.66. The van der Waals surface area contributed by atoms with Crippen molar-refractivity contribution in [2.75, 3.05) is 23.4 Å². The van der Waals surface area contributed by atoms with E-state index in [0.717, 1.165) is 21.4 Å². The molecule has 0 aliphatic rings. The van der Waals surface area contributed by atoms with Gasteiger partial charge in [0, 0.05) is 37.1 Å². The van der Waals surface area contributed by atoms with E-state index >= 15 is 0 Å². The zero-order chi connectivity index (χ0) is 17.7. The van der Waals surface area contributed by atoms with Crippen LogP contribution >= 0.6 is 15.9 Å². The summed E-state index contributed by atoms with van der Waals surface area (Å²) in [6.45, 7) is 3.84. The zero-order valence-electron chi connectivity index (χ0n) is 14.1. The molecule has 0 aromatic heterocycles. The highest BCUT2D eigenvalue weighted by Gasteiger charge is 2.18. The van der Waals surface area contributed by atoms with Crippen molar-refractivity contribution in [3.05, 3.63) is 58.6 Å². The summed E-state index contributed by atoms with van der Waals surface area (Å²) >= 11 is 3.50. The first-order valence-electron chi connectivity index (χ1n) is 7.76. The van der Waals surface area contributed by atoms with E-state index in [4.69, 9.17) is 0 Å². The molecule has 2 rings (SSSR count). The minimum absolute atomic E-state index is 0.0318. The lowest BCUT2D eigenvalue weighted by molar-refractivity contribution is -0.118. The highest BCUT2D eigenvalue weighted by Crippen LogP contribution is 2.27. The normalized spacial score (nSPS) is 10.3. The van der Waals surface area contributed by atoms with Crippen LogP contribution in [-0.4, -0.2) is 25.4 Å². The Morgan fingerprint density at radius 1 is 1.08 bits per heavy atom. The molecule has 2 aromatic rings. The molecule has 5 heteroatoms. The smallest absolute Gasteiger partial charge is 0.228 e. The number of hydrogen-bond acceptors (Lipinski definition) is 2. The van der Waals surface area contributed by atoms with E-state index < -0.39 is 0 Å². The molecule has 0 aliphatic carbocycles. The Morgan fingerprint density at radius 3 is 2.33 bits per heavy atom. The Bertz CT molecular complexity index is 731. The van der Waals surface area contributed by atoms with E-state index in [9.17, 15) is 9.59 Å². The molecule has 0 saturated heterocycles. The fourth-order valence-corrected chi connectivity index (χ4v) is 3.16. The topological polar surface area (TPSA) is 40.6 Å². The molecule has 24 heavy (non-hydrogen) atoms. The molecule has 0 bridgehead atoms. The van der Waals surface area contributed by atoms with Gasteiger partial charge in [-0.1, -0.05) is 24.3 Å². The lowest BCUT2D eigenvalue weighted by atomic mass is 10.2. The molecule has 0 fully saturated rings. The van der Waals surface area contributed by atoms with Crippen molar-refractivity contribution in [2.24, 2.45) is 0 Å². The predicted molar refractivity (Wildman–Crippen MR) is 101 cm³/mol. The van der Waals surface area contributed by atoms with Crippen molar-refractivity contribution in [1.82, 2.24) is 0 Å². The molecule has 0 atom stereocenters. The molecule has 0 radical (unpaired) electrons. The second-order valence-corrected chi connectivity index (χ2v) is 6.52. The van der Waals surface area contributed by atoms with Crippen molar-refractivity contribution in [2.45, 2.75) is 20.3 Å². The van der Waals surface area contributed by atoms with Crippen molar-refractivity contribution >= 4 is 39.1 Å². The summed E-state index contributed by atoms with van der Waals surface area (Å²) in [6, 6.07) is 15.3. The average Bonchev–Trinajstić information content (AvgIpc) is 2.56. The highest BCUT2D eigenvalue weighted by atomic mass is 79.9. The number of para-hydroxylation sites is 1. The monoisotopic (exact) mass is 388 g/mol. The van der Waals surface area contributed by atoms with Gasteiger partial charge >= 0.3 is 0 Å². The minimum atomic E-state index is -0.0882. The molecule has 4 nitrogen and oxygen atoms in total. The maximum absolute atomic E-state index is 12.4. The summed E-state index contributed by atoms with van der Waals surface area (Å²) in [5.41, 5.74) is 2.73. The molecular formula is C19H21BrN2O2. The van der Waals surface area contributed by atoms with Crippen LogP contribution in [0.3, 0.4) is 0 Å². The SMILES string of the molecule is CC(=O)N(CCC(=O)N(C)c1ccccc1)c1ccc(C)cc1Br. The fourth-order valence-electron chi connectivity index (χ4n) is 2.45. The summed E-state index contributed by atoms with van der Waals surface area (Å²) < 4.78 is 0.849. The largest absolute Gasteiger partial charge is 0.315 e. The van der Waals surface area contributed by atoms with Gasteiger partial charge in [0.05, 0.1) is 5.69 Å². The number of rotatable bonds is 5. The Morgan fingerprint density at radius 2 is 1.75 bits per heavy atom. The summed E-state index contributed by atoms with van der Waals surface area (Å²) in [6.07, 6.45) is 0.255. The third kappa shape index (κ3) is 4.45. The predicted octanol–water partition coefficient (Wildman–Crippen LogP) is 4.16. The Balaban J connectivity index is 2.09. The molecule has 2 amide bonds. The third-order valence-corrected chi connectivity index (χ3v) is 4.48. The first kappa shape index (κ1) is 18.2. The van der Waals surface area contributed by atoms with Crippen LogP contribution in [0.15, 0.2) is 53.0 Å². The van der Waals surface area contributed by atoms with Gasteiger partial charge in [-0.2, -0.15) is 0 Å². The lowest BCUT2D eigenvalue weighted by Crippen LogP contribution is -2.35. The number of nitrogens with zero attached hydrogens (tertiary/aromatic N) is 2. The van der Waals surface area contributed by atoms with Crippen molar-refractivity contribution in [1.29, 1.82) is 0 Å². The number of aryl methyl sites for hydroxylation is 1. The van der Waals surface area contributed by atoms with E-state index in [2.05, 4.69) is 15.9 Å². The number of anilines is 2. The number of benzene rings is 2. The van der Waals surface area contributed by atoms with E-state index in [0.29, 0.717) is 6.54 Å². The standard InChI is InChI=1S/C19H21BrN2O2/c1-14-9-10-18(17(20)13-14)22(15(2)23)12-11-19(24)21(3)16-7-5-4-6-8-16/h4-10,13H,11-12H2,1-3H3. The molecular weight excluding hydrogens is 368 g/mol. The van der Waals surface area contributed by atoms with Gasteiger partial charge in [-0.25, -0.2) is 0 Å². The van der Waals surface area contributed by atoms with Gasteiger partial charge in [-0.3, -0.25) is 9.59 Å². The zero-order valence-corrected chi connectivity index (χ0v) is 15.7. The van der Waals surface area contributed by atoms with Crippen LogP contribution in [0.25, 0.3) is 0 Å². The van der Waals surface area contributed by atoms with Gasteiger partial charge in [0.15, 0.2) is 0 Å². The van der Waals surface area contributed by atoms with Gasteiger partial charge in [0.2, 0.25) is 11.8 Å². The van der Waals surface area contributed by atoms with E-state index in [1.54, 1.807) is 16.8 Å². The van der Waals surface area contributed by atoms with Gasteiger partial charge < -0.3 is 9.80 Å². The van der Waals surface area contributed by atoms with E-state index in [-0.39, 0.29) is 18.2 Å². The van der Waals surface area contributed by atoms with Gasteiger partial charge in [0.1, 0.15) is 0 Å². The van der Waals surface area contributed by atoms with Crippen molar-refractivity contribution in [3.63, 3.8) is 0 Å². The first-order valence-corrected chi connectivity index (χ1v) is 8.55. The van der Waals surface area contributed by atoms with Crippen LogP contribution in [0.4, 0.5) is 11.4 Å². The molecule has 0 N–H and O–H groups in total. The van der Waals surface area contributed by atoms with Crippen molar-refractivity contribution < 1.29 is 9.59 Å². The summed E-state index contributed by atoms with van der Waals surface area (Å²) in [4.78, 5) is 27.7. The summed E-state index contributed by atoms with van der Waals surface area (Å²) in [5.74, 6) is -0.120. The lowest BCUT2D eigenvalue weighted by Gasteiger charge is -2.24. The molecule has 2 aromatic carbocycles. The van der Waals surface area contributed by atoms with Crippen LogP contribution in [0.5, 0.6) is 0 Å². The Labute approximate surface area is 151 Å². The van der Waals surface area contributed by atoms with E-state index in [1.807, 2.05) is 55.5 Å². The molecule has 0 aliphatic heterocycles. The molecule has 126 valence electrons. The molecule has 0 spiro atoms. The Kier molecular flexibility index (Phi) is 6.15. The minimum Gasteiger partial charge on any atom is -0.315 e.